The largest absolute Gasteiger partial charge is 0.508 e. The van der Waals surface area contributed by atoms with Crippen LogP contribution in [0.4, 0.5) is 0 Å². The smallest absolute Gasteiger partial charge is 0.126 e. The van der Waals surface area contributed by atoms with Gasteiger partial charge >= 0.3 is 0 Å². The van der Waals surface area contributed by atoms with E-state index >= 15 is 0 Å². The molecule has 0 fully saturated rings. The lowest BCUT2D eigenvalue weighted by atomic mass is 10.0. The molecule has 0 aromatic heterocycles. The number of benzene rings is 1. The second-order valence-electron chi connectivity index (χ2n) is 5.45. The Morgan fingerprint density at radius 3 is 1.85 bits per heavy atom. The molecule has 0 unspecified atom stereocenters. The predicted molar refractivity (Wildman–Crippen MR) is 86.2 cm³/mol. The van der Waals surface area contributed by atoms with Gasteiger partial charge in [-0.05, 0) is 44.4 Å². The number of phenolic OH excluding ortho intramolecular Hbond substituents is 1. The van der Waals surface area contributed by atoms with Crippen LogP contribution in [0.5, 0.6) is 5.75 Å². The molecular formula is C18H30O2. The molecule has 0 bridgehead atoms. The van der Waals surface area contributed by atoms with E-state index in [9.17, 15) is 4.79 Å². The third-order valence-corrected chi connectivity index (χ3v) is 3.01. The van der Waals surface area contributed by atoms with Gasteiger partial charge in [-0.2, -0.15) is 0 Å². The van der Waals surface area contributed by atoms with Crippen LogP contribution < -0.4 is 0 Å². The Balaban J connectivity index is 0.000000796. The van der Waals surface area contributed by atoms with Crippen molar-refractivity contribution in [1.82, 2.24) is 0 Å². The van der Waals surface area contributed by atoms with Crippen molar-refractivity contribution in [2.45, 2.75) is 72.1 Å². The van der Waals surface area contributed by atoms with Crippen LogP contribution in [0.15, 0.2) is 24.3 Å². The van der Waals surface area contributed by atoms with Gasteiger partial charge in [-0.3, -0.25) is 0 Å². The molecule has 0 atom stereocenters. The molecule has 0 radical (unpaired) electrons. The van der Waals surface area contributed by atoms with Gasteiger partial charge in [-0.25, -0.2) is 0 Å². The zero-order valence-corrected chi connectivity index (χ0v) is 13.3. The molecule has 2 nitrogen and oxygen atoms in total. The van der Waals surface area contributed by atoms with Gasteiger partial charge in [0.1, 0.15) is 11.5 Å². The van der Waals surface area contributed by atoms with Crippen molar-refractivity contribution in [2.75, 3.05) is 0 Å². The number of carbonyl (C=O) groups excluding carboxylic acids is 1. The SMILES string of the molecule is CC(C)=O.CCCCCCCCCc1ccc(O)cc1. The molecular weight excluding hydrogens is 248 g/mol. The topological polar surface area (TPSA) is 37.3 Å². The molecule has 0 aliphatic rings. The molecule has 1 aromatic carbocycles. The number of aromatic hydroxyl groups is 1. The second kappa shape index (κ2) is 12.7. The molecule has 114 valence electrons. The first kappa shape index (κ1) is 18.7. The Bertz CT molecular complexity index is 337. The third-order valence-electron chi connectivity index (χ3n) is 3.01. The zero-order valence-electron chi connectivity index (χ0n) is 13.3. The first-order valence-corrected chi connectivity index (χ1v) is 7.81. The van der Waals surface area contributed by atoms with Gasteiger partial charge in [-0.1, -0.05) is 57.6 Å². The first-order valence-electron chi connectivity index (χ1n) is 7.81. The molecule has 0 saturated carbocycles. The predicted octanol–water partition coefficient (Wildman–Crippen LogP) is 5.28. The summed E-state index contributed by atoms with van der Waals surface area (Å²) < 4.78 is 0. The fourth-order valence-electron chi connectivity index (χ4n) is 1.95. The van der Waals surface area contributed by atoms with Gasteiger partial charge in [0.25, 0.3) is 0 Å². The van der Waals surface area contributed by atoms with E-state index in [4.69, 9.17) is 5.11 Å². The summed E-state index contributed by atoms with van der Waals surface area (Å²) in [4.78, 5) is 9.44. The van der Waals surface area contributed by atoms with Crippen molar-refractivity contribution >= 4 is 5.78 Å². The Morgan fingerprint density at radius 2 is 1.35 bits per heavy atom. The van der Waals surface area contributed by atoms with E-state index in [1.807, 2.05) is 12.1 Å². The lowest BCUT2D eigenvalue weighted by Crippen LogP contribution is -1.85. The van der Waals surface area contributed by atoms with Crippen LogP contribution in [-0.4, -0.2) is 10.9 Å². The average Bonchev–Trinajstić information content (AvgIpc) is 2.39. The summed E-state index contributed by atoms with van der Waals surface area (Å²) in [6.45, 7) is 5.31. The summed E-state index contributed by atoms with van der Waals surface area (Å²) in [6, 6.07) is 7.59. The van der Waals surface area contributed by atoms with Crippen molar-refractivity contribution in [3.8, 4) is 5.75 Å². The maximum Gasteiger partial charge on any atom is 0.126 e. The Morgan fingerprint density at radius 1 is 0.900 bits per heavy atom. The van der Waals surface area contributed by atoms with E-state index in [1.165, 1.54) is 64.4 Å². The Hall–Kier alpha value is -1.31. The van der Waals surface area contributed by atoms with Gasteiger partial charge in [0, 0.05) is 0 Å². The molecule has 0 aliphatic heterocycles. The molecule has 1 aromatic rings. The van der Waals surface area contributed by atoms with Gasteiger partial charge in [-0.15, -0.1) is 0 Å². The molecule has 0 saturated heterocycles. The fraction of sp³-hybridized carbons (Fsp3) is 0.611. The van der Waals surface area contributed by atoms with Crippen LogP contribution >= 0.6 is 0 Å². The van der Waals surface area contributed by atoms with Crippen molar-refractivity contribution in [2.24, 2.45) is 0 Å². The van der Waals surface area contributed by atoms with E-state index in [2.05, 4.69) is 6.92 Å². The van der Waals surface area contributed by atoms with Gasteiger partial charge < -0.3 is 9.90 Å². The molecule has 1 N–H and O–H groups in total. The van der Waals surface area contributed by atoms with Crippen LogP contribution in [0.25, 0.3) is 0 Å². The van der Waals surface area contributed by atoms with Gasteiger partial charge in [0.2, 0.25) is 0 Å². The number of aryl methyl sites for hydroxylation is 1. The van der Waals surface area contributed by atoms with Crippen molar-refractivity contribution < 1.29 is 9.90 Å². The minimum atomic E-state index is 0.167. The number of Topliss-reactive ketones (excluding diaryl/α,β-unsaturated/α-hetero) is 1. The highest BCUT2D eigenvalue weighted by Crippen LogP contribution is 2.13. The van der Waals surface area contributed by atoms with Crippen LogP contribution in [-0.2, 0) is 11.2 Å². The van der Waals surface area contributed by atoms with E-state index in [0.717, 1.165) is 6.42 Å². The summed E-state index contributed by atoms with van der Waals surface area (Å²) in [7, 11) is 0. The van der Waals surface area contributed by atoms with E-state index < -0.39 is 0 Å². The van der Waals surface area contributed by atoms with Crippen molar-refractivity contribution in [3.63, 3.8) is 0 Å². The molecule has 0 heterocycles. The third kappa shape index (κ3) is 13.1. The standard InChI is InChI=1S/C15H24O.C3H6O/c1-2-3-4-5-6-7-8-9-14-10-12-15(16)13-11-14;1-3(2)4/h10-13,16H,2-9H2,1H3;1-2H3. The number of ketones is 1. The normalized spacial score (nSPS) is 9.75. The summed E-state index contributed by atoms with van der Waals surface area (Å²) in [5.41, 5.74) is 1.34. The van der Waals surface area contributed by atoms with E-state index in [0.29, 0.717) is 5.75 Å². The highest BCUT2D eigenvalue weighted by molar-refractivity contribution is 5.72. The molecule has 0 aliphatic carbocycles. The number of rotatable bonds is 8. The molecule has 0 amide bonds. The zero-order chi connectivity index (χ0) is 15.2. The summed E-state index contributed by atoms with van der Waals surface area (Å²) in [5, 5.41) is 9.15. The van der Waals surface area contributed by atoms with E-state index in [1.54, 1.807) is 12.1 Å². The minimum Gasteiger partial charge on any atom is -0.508 e. The number of unbranched alkanes of at least 4 members (excludes halogenated alkanes) is 6. The van der Waals surface area contributed by atoms with Crippen molar-refractivity contribution in [3.05, 3.63) is 29.8 Å². The van der Waals surface area contributed by atoms with Crippen LogP contribution in [0.3, 0.4) is 0 Å². The monoisotopic (exact) mass is 278 g/mol. The van der Waals surface area contributed by atoms with Gasteiger partial charge in [0.15, 0.2) is 0 Å². The lowest BCUT2D eigenvalue weighted by Gasteiger charge is -2.02. The summed E-state index contributed by atoms with van der Waals surface area (Å²) in [6.07, 6.45) is 10.6. The lowest BCUT2D eigenvalue weighted by molar-refractivity contribution is -0.114. The van der Waals surface area contributed by atoms with Crippen LogP contribution in [0.1, 0.15) is 71.3 Å². The van der Waals surface area contributed by atoms with Gasteiger partial charge in [0.05, 0.1) is 0 Å². The Kier molecular flexibility index (Phi) is 11.9. The summed E-state index contributed by atoms with van der Waals surface area (Å²) >= 11 is 0. The highest BCUT2D eigenvalue weighted by atomic mass is 16.3. The van der Waals surface area contributed by atoms with Crippen molar-refractivity contribution in [1.29, 1.82) is 0 Å². The fourth-order valence-corrected chi connectivity index (χ4v) is 1.95. The molecule has 2 heteroatoms. The van der Waals surface area contributed by atoms with E-state index in [-0.39, 0.29) is 5.78 Å². The number of hydrogen-bond acceptors (Lipinski definition) is 2. The maximum atomic E-state index is 9.44. The minimum absolute atomic E-state index is 0.167. The molecule has 1 rings (SSSR count). The highest BCUT2D eigenvalue weighted by Gasteiger charge is 1.94. The van der Waals surface area contributed by atoms with Crippen LogP contribution in [0.2, 0.25) is 0 Å². The van der Waals surface area contributed by atoms with Crippen LogP contribution in [0, 0.1) is 0 Å². The number of carbonyl (C=O) groups is 1. The molecule has 0 spiro atoms. The molecule has 20 heavy (non-hydrogen) atoms. The second-order valence-corrected chi connectivity index (χ2v) is 5.45. The quantitative estimate of drug-likeness (QED) is 0.657. The Labute approximate surface area is 124 Å². The maximum absolute atomic E-state index is 9.44. The number of hydrogen-bond donors (Lipinski definition) is 1. The average molecular weight is 278 g/mol. The summed E-state index contributed by atoms with van der Waals surface area (Å²) in [5.74, 6) is 0.531. The first-order chi connectivity index (χ1) is 9.56. The number of phenols is 1.